The van der Waals surface area contributed by atoms with Gasteiger partial charge < -0.3 is 14.6 Å². The van der Waals surface area contributed by atoms with Gasteiger partial charge in [-0.05, 0) is 48.1 Å². The van der Waals surface area contributed by atoms with Gasteiger partial charge in [0.2, 0.25) is 0 Å². The number of hydrogen-bond donors (Lipinski definition) is 1. The predicted octanol–water partition coefficient (Wildman–Crippen LogP) is 2.19. The Kier molecular flexibility index (Phi) is 4.57. The third kappa shape index (κ3) is 3.54. The van der Waals surface area contributed by atoms with Gasteiger partial charge in [0.25, 0.3) is 0 Å². The van der Waals surface area contributed by atoms with Crippen LogP contribution in [-0.2, 0) is 0 Å². The van der Waals surface area contributed by atoms with E-state index < -0.39 is 0 Å². The summed E-state index contributed by atoms with van der Waals surface area (Å²) in [5.74, 6) is 4.18. The Bertz CT molecular complexity index is 333. The Hall–Kier alpha value is -0.870. The molecule has 1 aromatic rings. The van der Waals surface area contributed by atoms with Crippen LogP contribution in [0.3, 0.4) is 0 Å². The molecule has 0 amide bonds. The van der Waals surface area contributed by atoms with Crippen LogP contribution in [0, 0.1) is 5.92 Å². The van der Waals surface area contributed by atoms with Crippen molar-refractivity contribution in [1.29, 1.82) is 0 Å². The second-order valence-electron chi connectivity index (χ2n) is 4.18. The molecule has 3 nitrogen and oxygen atoms in total. The van der Waals surface area contributed by atoms with E-state index in [-0.39, 0.29) is 6.10 Å². The van der Waals surface area contributed by atoms with Crippen LogP contribution in [0.1, 0.15) is 6.42 Å². The number of rotatable bonds is 5. The molecule has 0 radical (unpaired) electrons. The number of ether oxygens (including phenoxy) is 2. The summed E-state index contributed by atoms with van der Waals surface area (Å²) in [6, 6.07) is 7.42. The number of methoxy groups -OCH3 is 1. The van der Waals surface area contributed by atoms with E-state index in [0.717, 1.165) is 29.4 Å². The van der Waals surface area contributed by atoms with E-state index in [1.54, 1.807) is 7.11 Å². The first-order valence-electron chi connectivity index (χ1n) is 5.82. The lowest BCUT2D eigenvalue weighted by Gasteiger charge is -2.17. The highest BCUT2D eigenvalue weighted by atomic mass is 32.2. The maximum absolute atomic E-state index is 9.95. The van der Waals surface area contributed by atoms with Crippen molar-refractivity contribution in [2.75, 3.05) is 25.2 Å². The van der Waals surface area contributed by atoms with E-state index in [1.807, 2.05) is 36.0 Å². The van der Waals surface area contributed by atoms with Crippen molar-refractivity contribution in [1.82, 2.24) is 0 Å². The molecule has 1 heterocycles. The molecule has 0 aliphatic carbocycles. The van der Waals surface area contributed by atoms with Crippen LogP contribution in [-0.4, -0.2) is 36.4 Å². The van der Waals surface area contributed by atoms with Gasteiger partial charge in [-0.1, -0.05) is 0 Å². The molecular weight excluding hydrogens is 236 g/mol. The van der Waals surface area contributed by atoms with Gasteiger partial charge in [0.05, 0.1) is 13.2 Å². The summed E-state index contributed by atoms with van der Waals surface area (Å²) in [6.45, 7) is 0.373. The van der Waals surface area contributed by atoms with Gasteiger partial charge in [0, 0.05) is 0 Å². The van der Waals surface area contributed by atoms with E-state index in [2.05, 4.69) is 0 Å². The summed E-state index contributed by atoms with van der Waals surface area (Å²) in [5.41, 5.74) is 0. The van der Waals surface area contributed by atoms with E-state index in [0.29, 0.717) is 12.5 Å². The fraction of sp³-hybridized carbons (Fsp3) is 0.538. The SMILES string of the molecule is COc1ccc(OCC(O)C2CCSC2)cc1. The van der Waals surface area contributed by atoms with Gasteiger partial charge in [-0.15, -0.1) is 0 Å². The van der Waals surface area contributed by atoms with E-state index >= 15 is 0 Å². The first-order valence-corrected chi connectivity index (χ1v) is 6.97. The Morgan fingerprint density at radius 2 is 2.06 bits per heavy atom. The third-order valence-corrected chi connectivity index (χ3v) is 4.18. The first-order chi connectivity index (χ1) is 8.29. The molecule has 0 bridgehead atoms. The van der Waals surface area contributed by atoms with Crippen LogP contribution < -0.4 is 9.47 Å². The molecule has 0 spiro atoms. The first kappa shape index (κ1) is 12.6. The molecule has 0 saturated carbocycles. The van der Waals surface area contributed by atoms with Crippen LogP contribution in [0.15, 0.2) is 24.3 Å². The highest BCUT2D eigenvalue weighted by Crippen LogP contribution is 2.26. The summed E-state index contributed by atoms with van der Waals surface area (Å²) < 4.78 is 10.6. The van der Waals surface area contributed by atoms with Gasteiger partial charge in [-0.25, -0.2) is 0 Å². The topological polar surface area (TPSA) is 38.7 Å². The summed E-state index contributed by atoms with van der Waals surface area (Å²) in [4.78, 5) is 0. The number of aliphatic hydroxyl groups excluding tert-OH is 1. The van der Waals surface area contributed by atoms with Crippen LogP contribution >= 0.6 is 11.8 Å². The number of thioether (sulfide) groups is 1. The molecule has 4 heteroatoms. The normalized spacial score (nSPS) is 21.2. The third-order valence-electron chi connectivity index (χ3n) is 2.99. The molecular formula is C13H18O3S. The fourth-order valence-corrected chi connectivity index (χ4v) is 3.17. The van der Waals surface area contributed by atoms with Crippen molar-refractivity contribution in [2.45, 2.75) is 12.5 Å². The summed E-state index contributed by atoms with van der Waals surface area (Å²) in [7, 11) is 1.64. The van der Waals surface area contributed by atoms with Gasteiger partial charge in [0.1, 0.15) is 18.1 Å². The molecule has 2 rings (SSSR count). The van der Waals surface area contributed by atoms with Gasteiger partial charge in [0.15, 0.2) is 0 Å². The Labute approximate surface area is 106 Å². The minimum absolute atomic E-state index is 0.355. The van der Waals surface area contributed by atoms with Crippen molar-refractivity contribution in [3.05, 3.63) is 24.3 Å². The quantitative estimate of drug-likeness (QED) is 0.874. The average molecular weight is 254 g/mol. The smallest absolute Gasteiger partial charge is 0.119 e. The zero-order valence-corrected chi connectivity index (χ0v) is 10.8. The van der Waals surface area contributed by atoms with E-state index in [9.17, 15) is 5.11 Å². The second kappa shape index (κ2) is 6.17. The number of aliphatic hydroxyl groups is 1. The van der Waals surface area contributed by atoms with Crippen LogP contribution in [0.4, 0.5) is 0 Å². The lowest BCUT2D eigenvalue weighted by atomic mass is 10.0. The van der Waals surface area contributed by atoms with Crippen LogP contribution in [0.5, 0.6) is 11.5 Å². The molecule has 1 aromatic carbocycles. The zero-order chi connectivity index (χ0) is 12.1. The second-order valence-corrected chi connectivity index (χ2v) is 5.33. The Balaban J connectivity index is 1.80. The Morgan fingerprint density at radius 3 is 2.65 bits per heavy atom. The molecule has 17 heavy (non-hydrogen) atoms. The van der Waals surface area contributed by atoms with Crippen molar-refractivity contribution in [3.63, 3.8) is 0 Å². The monoisotopic (exact) mass is 254 g/mol. The Morgan fingerprint density at radius 1 is 1.35 bits per heavy atom. The van der Waals surface area contributed by atoms with E-state index in [4.69, 9.17) is 9.47 Å². The minimum Gasteiger partial charge on any atom is -0.497 e. The van der Waals surface area contributed by atoms with Gasteiger partial charge in [-0.2, -0.15) is 11.8 Å². The summed E-state index contributed by atoms with van der Waals surface area (Å²) >= 11 is 1.91. The maximum atomic E-state index is 9.95. The van der Waals surface area contributed by atoms with Crippen molar-refractivity contribution >= 4 is 11.8 Å². The minimum atomic E-state index is -0.355. The molecule has 2 unspecified atom stereocenters. The van der Waals surface area contributed by atoms with Crippen LogP contribution in [0.25, 0.3) is 0 Å². The summed E-state index contributed by atoms with van der Waals surface area (Å²) in [6.07, 6.45) is 0.741. The lowest BCUT2D eigenvalue weighted by molar-refractivity contribution is 0.0663. The standard InChI is InChI=1S/C13H18O3S/c1-15-11-2-4-12(5-3-11)16-8-13(14)10-6-7-17-9-10/h2-5,10,13-14H,6-9H2,1H3. The van der Waals surface area contributed by atoms with Gasteiger partial charge in [-0.3, -0.25) is 0 Å². The van der Waals surface area contributed by atoms with Gasteiger partial charge >= 0.3 is 0 Å². The molecule has 0 aromatic heterocycles. The molecule has 94 valence electrons. The zero-order valence-electron chi connectivity index (χ0n) is 9.96. The molecule has 1 fully saturated rings. The molecule has 1 aliphatic heterocycles. The number of benzene rings is 1. The molecule has 2 atom stereocenters. The summed E-state index contributed by atoms with van der Waals surface area (Å²) in [5, 5.41) is 9.95. The predicted molar refractivity (Wildman–Crippen MR) is 69.9 cm³/mol. The molecule has 1 aliphatic rings. The molecule has 1 saturated heterocycles. The molecule has 1 N–H and O–H groups in total. The fourth-order valence-electron chi connectivity index (χ4n) is 1.85. The average Bonchev–Trinajstić information content (AvgIpc) is 2.90. The number of hydrogen-bond acceptors (Lipinski definition) is 4. The lowest BCUT2D eigenvalue weighted by Crippen LogP contribution is -2.27. The van der Waals surface area contributed by atoms with Crippen molar-refractivity contribution in [2.24, 2.45) is 5.92 Å². The largest absolute Gasteiger partial charge is 0.497 e. The highest BCUT2D eigenvalue weighted by molar-refractivity contribution is 7.99. The van der Waals surface area contributed by atoms with Crippen LogP contribution in [0.2, 0.25) is 0 Å². The van der Waals surface area contributed by atoms with E-state index in [1.165, 1.54) is 0 Å². The van der Waals surface area contributed by atoms with Crippen molar-refractivity contribution < 1.29 is 14.6 Å². The highest BCUT2D eigenvalue weighted by Gasteiger charge is 2.23. The van der Waals surface area contributed by atoms with Crippen molar-refractivity contribution in [3.8, 4) is 11.5 Å². The maximum Gasteiger partial charge on any atom is 0.119 e.